The third-order valence-electron chi connectivity index (χ3n) is 1.37. The van der Waals surface area contributed by atoms with E-state index in [2.05, 4.69) is 15.9 Å². The molecule has 0 aliphatic rings. The van der Waals surface area contributed by atoms with Crippen LogP contribution in [-0.4, -0.2) is 0 Å². The van der Waals surface area contributed by atoms with E-state index in [0.29, 0.717) is 12.0 Å². The highest BCUT2D eigenvalue weighted by Crippen LogP contribution is 2.15. The summed E-state index contributed by atoms with van der Waals surface area (Å²) in [6.45, 7) is 0. The Morgan fingerprint density at radius 3 is 2.58 bits per heavy atom. The summed E-state index contributed by atoms with van der Waals surface area (Å²) in [4.78, 5) is 0. The Bertz CT molecular complexity index is 371. The molecule has 0 fully saturated rings. The number of rotatable bonds is 1. The van der Waals surface area contributed by atoms with Gasteiger partial charge in [-0.15, -0.1) is 0 Å². The highest BCUT2D eigenvalue weighted by Gasteiger charge is 1.97. The Kier molecular flexibility index (Phi) is 2.85. The van der Waals surface area contributed by atoms with Crippen LogP contribution in [0.3, 0.4) is 0 Å². The standard InChI is InChI=1S/C9H5BrN2/c10-9-4-7(1-2-11)3-8(5-9)6-12/h3-5H,1H2. The summed E-state index contributed by atoms with van der Waals surface area (Å²) in [6.07, 6.45) is 0.341. The maximum absolute atomic E-state index is 8.60. The third kappa shape index (κ3) is 2.08. The first-order valence-electron chi connectivity index (χ1n) is 3.33. The maximum atomic E-state index is 8.60. The number of hydrogen-bond donors (Lipinski definition) is 0. The Labute approximate surface area is 79.2 Å². The molecule has 0 aliphatic carbocycles. The molecule has 0 saturated carbocycles. The predicted octanol–water partition coefficient (Wildman–Crippen LogP) is 2.39. The lowest BCUT2D eigenvalue weighted by Crippen LogP contribution is -1.83. The van der Waals surface area contributed by atoms with Crippen molar-refractivity contribution in [1.29, 1.82) is 10.5 Å². The van der Waals surface area contributed by atoms with Gasteiger partial charge in [-0.1, -0.05) is 15.9 Å². The van der Waals surface area contributed by atoms with Crippen LogP contribution in [0.2, 0.25) is 0 Å². The Morgan fingerprint density at radius 1 is 1.25 bits per heavy atom. The van der Waals surface area contributed by atoms with Crippen LogP contribution in [0.1, 0.15) is 11.1 Å². The second kappa shape index (κ2) is 3.90. The number of benzene rings is 1. The highest BCUT2D eigenvalue weighted by molar-refractivity contribution is 9.10. The molecular weight excluding hydrogens is 216 g/mol. The lowest BCUT2D eigenvalue weighted by molar-refractivity contribution is 1.25. The van der Waals surface area contributed by atoms with Crippen molar-refractivity contribution in [3.05, 3.63) is 33.8 Å². The van der Waals surface area contributed by atoms with Gasteiger partial charge in [0, 0.05) is 4.47 Å². The molecular formula is C9H5BrN2. The maximum Gasteiger partial charge on any atom is 0.0992 e. The van der Waals surface area contributed by atoms with Crippen LogP contribution in [0.4, 0.5) is 0 Å². The van der Waals surface area contributed by atoms with Gasteiger partial charge in [-0.25, -0.2) is 0 Å². The highest BCUT2D eigenvalue weighted by atomic mass is 79.9. The SMILES string of the molecule is N#CCc1cc(Br)cc(C#N)c1. The number of nitrogens with zero attached hydrogens (tertiary/aromatic N) is 2. The van der Waals surface area contributed by atoms with E-state index >= 15 is 0 Å². The summed E-state index contributed by atoms with van der Waals surface area (Å²) in [5, 5.41) is 17.0. The number of hydrogen-bond acceptors (Lipinski definition) is 2. The first-order valence-corrected chi connectivity index (χ1v) is 4.12. The summed E-state index contributed by atoms with van der Waals surface area (Å²) in [5.41, 5.74) is 1.44. The van der Waals surface area contributed by atoms with Gasteiger partial charge in [0.1, 0.15) is 0 Å². The zero-order valence-electron chi connectivity index (χ0n) is 6.21. The molecule has 58 valence electrons. The molecule has 0 aromatic heterocycles. The molecule has 0 heterocycles. The molecule has 0 aliphatic heterocycles. The van der Waals surface area contributed by atoms with Gasteiger partial charge < -0.3 is 0 Å². The number of nitriles is 2. The van der Waals surface area contributed by atoms with Crippen molar-refractivity contribution in [2.45, 2.75) is 6.42 Å². The van der Waals surface area contributed by atoms with Crippen LogP contribution in [0.5, 0.6) is 0 Å². The van der Waals surface area contributed by atoms with E-state index in [1.165, 1.54) is 0 Å². The largest absolute Gasteiger partial charge is 0.198 e. The van der Waals surface area contributed by atoms with Crippen LogP contribution < -0.4 is 0 Å². The third-order valence-corrected chi connectivity index (χ3v) is 1.83. The molecule has 2 nitrogen and oxygen atoms in total. The monoisotopic (exact) mass is 220 g/mol. The average molecular weight is 221 g/mol. The van der Waals surface area contributed by atoms with E-state index in [0.717, 1.165) is 10.0 Å². The van der Waals surface area contributed by atoms with Crippen LogP contribution >= 0.6 is 15.9 Å². The quantitative estimate of drug-likeness (QED) is 0.730. The minimum Gasteiger partial charge on any atom is -0.198 e. The van der Waals surface area contributed by atoms with Crippen molar-refractivity contribution in [3.63, 3.8) is 0 Å². The van der Waals surface area contributed by atoms with E-state index in [1.54, 1.807) is 12.1 Å². The Hall–Kier alpha value is -1.32. The smallest absolute Gasteiger partial charge is 0.0992 e. The van der Waals surface area contributed by atoms with Gasteiger partial charge in [0.25, 0.3) is 0 Å². The molecule has 0 spiro atoms. The molecule has 0 bridgehead atoms. The van der Waals surface area contributed by atoms with Gasteiger partial charge in [-0.3, -0.25) is 0 Å². The van der Waals surface area contributed by atoms with Crippen LogP contribution in [0.25, 0.3) is 0 Å². The molecule has 0 saturated heterocycles. The molecule has 3 heteroatoms. The van der Waals surface area contributed by atoms with Crippen molar-refractivity contribution in [3.8, 4) is 12.1 Å². The van der Waals surface area contributed by atoms with Crippen molar-refractivity contribution < 1.29 is 0 Å². The van der Waals surface area contributed by atoms with Crippen LogP contribution in [-0.2, 0) is 6.42 Å². The molecule has 1 aromatic carbocycles. The molecule has 0 atom stereocenters. The second-order valence-corrected chi connectivity index (χ2v) is 3.21. The van der Waals surface area contributed by atoms with Gasteiger partial charge in [-0.05, 0) is 23.8 Å². The van der Waals surface area contributed by atoms with Gasteiger partial charge in [0.2, 0.25) is 0 Å². The van der Waals surface area contributed by atoms with E-state index in [9.17, 15) is 0 Å². The molecule has 0 unspecified atom stereocenters. The summed E-state index contributed by atoms with van der Waals surface area (Å²) in [7, 11) is 0. The molecule has 1 rings (SSSR count). The fourth-order valence-electron chi connectivity index (χ4n) is 0.908. The minimum absolute atomic E-state index is 0.341. The van der Waals surface area contributed by atoms with Crippen molar-refractivity contribution >= 4 is 15.9 Å². The van der Waals surface area contributed by atoms with E-state index in [-0.39, 0.29) is 0 Å². The van der Waals surface area contributed by atoms with Gasteiger partial charge in [0.15, 0.2) is 0 Å². The lowest BCUT2D eigenvalue weighted by atomic mass is 10.1. The van der Waals surface area contributed by atoms with Gasteiger partial charge >= 0.3 is 0 Å². The summed E-state index contributed by atoms with van der Waals surface area (Å²) in [6, 6.07) is 9.34. The van der Waals surface area contributed by atoms with Crippen molar-refractivity contribution in [1.82, 2.24) is 0 Å². The summed E-state index contributed by atoms with van der Waals surface area (Å²) >= 11 is 3.26. The fourth-order valence-corrected chi connectivity index (χ4v) is 1.45. The van der Waals surface area contributed by atoms with Crippen molar-refractivity contribution in [2.75, 3.05) is 0 Å². The lowest BCUT2D eigenvalue weighted by Gasteiger charge is -1.96. The first kappa shape index (κ1) is 8.77. The molecule has 0 radical (unpaired) electrons. The number of halogens is 1. The minimum atomic E-state index is 0.341. The van der Waals surface area contributed by atoms with Gasteiger partial charge in [0.05, 0.1) is 24.1 Å². The van der Waals surface area contributed by atoms with Crippen LogP contribution in [0.15, 0.2) is 22.7 Å². The average Bonchev–Trinajstić information content (AvgIpc) is 2.04. The zero-order chi connectivity index (χ0) is 8.97. The Morgan fingerprint density at radius 2 is 2.00 bits per heavy atom. The fraction of sp³-hybridized carbons (Fsp3) is 0.111. The van der Waals surface area contributed by atoms with E-state index in [4.69, 9.17) is 10.5 Å². The molecule has 12 heavy (non-hydrogen) atoms. The first-order chi connectivity index (χ1) is 5.76. The van der Waals surface area contributed by atoms with Crippen LogP contribution in [0, 0.1) is 22.7 Å². The topological polar surface area (TPSA) is 47.6 Å². The van der Waals surface area contributed by atoms with E-state index < -0.39 is 0 Å². The normalized spacial score (nSPS) is 8.58. The Balaban J connectivity index is 3.10. The zero-order valence-corrected chi connectivity index (χ0v) is 7.80. The summed E-state index contributed by atoms with van der Waals surface area (Å²) < 4.78 is 0.840. The molecule has 0 N–H and O–H groups in total. The van der Waals surface area contributed by atoms with E-state index in [1.807, 2.05) is 18.2 Å². The summed E-state index contributed by atoms with van der Waals surface area (Å²) in [5.74, 6) is 0. The van der Waals surface area contributed by atoms with Crippen molar-refractivity contribution in [2.24, 2.45) is 0 Å². The molecule has 0 amide bonds. The predicted molar refractivity (Wildman–Crippen MR) is 48.2 cm³/mol. The van der Waals surface area contributed by atoms with Gasteiger partial charge in [-0.2, -0.15) is 10.5 Å². The molecule has 1 aromatic rings. The second-order valence-electron chi connectivity index (χ2n) is 2.29.